The monoisotopic (exact) mass is 363 g/mol. The lowest BCUT2D eigenvalue weighted by Gasteiger charge is -2.09. The Hall–Kier alpha value is -3.61. The predicted octanol–water partition coefficient (Wildman–Crippen LogP) is 2.33. The van der Waals surface area contributed by atoms with E-state index < -0.39 is 0 Å². The minimum Gasteiger partial charge on any atom is -0.493 e. The fourth-order valence-corrected chi connectivity index (χ4v) is 3.22. The highest BCUT2D eigenvalue weighted by Crippen LogP contribution is 2.29. The second-order valence-corrected chi connectivity index (χ2v) is 6.06. The van der Waals surface area contributed by atoms with E-state index in [1.54, 1.807) is 25.4 Å². The lowest BCUT2D eigenvalue weighted by molar-refractivity contribution is -0.663. The largest absolute Gasteiger partial charge is 0.493 e. The van der Waals surface area contributed by atoms with Gasteiger partial charge in [0.05, 0.1) is 31.3 Å². The normalized spacial score (nSPS) is 11.0. The molecule has 0 atom stereocenters. The van der Waals surface area contributed by atoms with Crippen molar-refractivity contribution in [3.63, 3.8) is 0 Å². The number of methoxy groups -OCH3 is 2. The van der Waals surface area contributed by atoms with Crippen LogP contribution in [-0.4, -0.2) is 28.8 Å². The number of hydrogen-bond acceptors (Lipinski definition) is 4. The lowest BCUT2D eigenvalue weighted by Crippen LogP contribution is -2.34. The van der Waals surface area contributed by atoms with Crippen LogP contribution in [0, 0.1) is 0 Å². The molecule has 0 saturated carbocycles. The summed E-state index contributed by atoms with van der Waals surface area (Å²) in [5, 5.41) is 0.454. The Morgan fingerprint density at radius 2 is 1.96 bits per heavy atom. The molecular formula is C20H19N4O3+. The van der Waals surface area contributed by atoms with Crippen molar-refractivity contribution in [2.24, 2.45) is 0 Å². The van der Waals surface area contributed by atoms with Crippen LogP contribution in [-0.2, 0) is 6.54 Å². The van der Waals surface area contributed by atoms with E-state index in [0.717, 1.165) is 11.0 Å². The van der Waals surface area contributed by atoms with Crippen molar-refractivity contribution >= 4 is 28.1 Å². The Kier molecular flexibility index (Phi) is 4.12. The van der Waals surface area contributed by atoms with Gasteiger partial charge in [-0.3, -0.25) is 4.79 Å². The van der Waals surface area contributed by atoms with Crippen LogP contribution >= 0.6 is 0 Å². The van der Waals surface area contributed by atoms with E-state index in [9.17, 15) is 4.79 Å². The Balaban J connectivity index is 1.83. The second-order valence-electron chi connectivity index (χ2n) is 6.06. The number of fused-ring (bicyclic) bond motifs is 2. The Labute approximate surface area is 155 Å². The summed E-state index contributed by atoms with van der Waals surface area (Å²) in [6.45, 7) is 4.26. The zero-order chi connectivity index (χ0) is 19.0. The summed E-state index contributed by atoms with van der Waals surface area (Å²) in [7, 11) is 3.09. The fraction of sp³-hybridized carbons (Fsp3) is 0.150. The average molecular weight is 363 g/mol. The summed E-state index contributed by atoms with van der Waals surface area (Å²) in [6, 6.07) is 11.3. The van der Waals surface area contributed by atoms with Gasteiger partial charge in [0.25, 0.3) is 5.56 Å². The van der Waals surface area contributed by atoms with Crippen LogP contribution < -0.4 is 19.6 Å². The summed E-state index contributed by atoms with van der Waals surface area (Å²) in [5.74, 6) is 1.58. The number of nitrogens with zero attached hydrogens (tertiary/aromatic N) is 3. The summed E-state index contributed by atoms with van der Waals surface area (Å²) < 4.78 is 14.5. The number of imidazole rings is 1. The zero-order valence-corrected chi connectivity index (χ0v) is 15.1. The number of hydrogen-bond donors (Lipinski definition) is 1. The molecule has 136 valence electrons. The summed E-state index contributed by atoms with van der Waals surface area (Å²) in [4.78, 5) is 20.0. The topological polar surface area (TPSA) is 73.0 Å². The molecule has 2 heterocycles. The predicted molar refractivity (Wildman–Crippen MR) is 103 cm³/mol. The molecular weight excluding hydrogens is 344 g/mol. The van der Waals surface area contributed by atoms with Crippen LogP contribution in [0.1, 0.15) is 5.82 Å². The summed E-state index contributed by atoms with van der Waals surface area (Å²) >= 11 is 0. The van der Waals surface area contributed by atoms with Crippen molar-refractivity contribution in [2.75, 3.05) is 14.2 Å². The van der Waals surface area contributed by atoms with E-state index in [1.165, 1.54) is 7.11 Å². The van der Waals surface area contributed by atoms with Gasteiger partial charge in [-0.15, -0.1) is 0 Å². The van der Waals surface area contributed by atoms with Gasteiger partial charge in [-0.2, -0.15) is 0 Å². The Morgan fingerprint density at radius 3 is 2.70 bits per heavy atom. The van der Waals surface area contributed by atoms with Crippen molar-refractivity contribution in [1.82, 2.24) is 14.5 Å². The van der Waals surface area contributed by atoms with Crippen molar-refractivity contribution in [3.05, 3.63) is 65.5 Å². The third-order valence-electron chi connectivity index (χ3n) is 4.51. The van der Waals surface area contributed by atoms with Crippen molar-refractivity contribution in [1.29, 1.82) is 0 Å². The van der Waals surface area contributed by atoms with Crippen LogP contribution in [0.25, 0.3) is 28.1 Å². The maximum atomic E-state index is 12.6. The summed E-state index contributed by atoms with van der Waals surface area (Å²) in [5.41, 5.74) is 2.39. The third kappa shape index (κ3) is 2.83. The maximum Gasteiger partial charge on any atom is 0.259 e. The van der Waals surface area contributed by atoms with Crippen molar-refractivity contribution < 1.29 is 14.0 Å². The quantitative estimate of drug-likeness (QED) is 0.553. The molecule has 0 bridgehead atoms. The molecule has 27 heavy (non-hydrogen) atoms. The van der Waals surface area contributed by atoms with Crippen LogP contribution in [0.5, 0.6) is 11.5 Å². The van der Waals surface area contributed by atoms with Gasteiger partial charge in [0.1, 0.15) is 6.54 Å². The highest BCUT2D eigenvalue weighted by Gasteiger charge is 2.16. The van der Waals surface area contributed by atoms with Crippen LogP contribution in [0.4, 0.5) is 0 Å². The van der Waals surface area contributed by atoms with Gasteiger partial charge < -0.3 is 14.5 Å². The Bertz CT molecular complexity index is 1220. The minimum absolute atomic E-state index is 0.219. The number of para-hydroxylation sites is 2. The molecule has 7 nitrogen and oxygen atoms in total. The second kappa shape index (κ2) is 6.60. The molecule has 0 aliphatic carbocycles. The first-order valence-electron chi connectivity index (χ1n) is 8.41. The number of ether oxygens (including phenoxy) is 2. The van der Waals surface area contributed by atoms with E-state index >= 15 is 0 Å². The molecule has 1 N–H and O–H groups in total. The molecule has 2 aromatic carbocycles. The highest BCUT2D eigenvalue weighted by molar-refractivity contribution is 5.81. The molecule has 4 aromatic rings. The van der Waals surface area contributed by atoms with Crippen LogP contribution in [0.15, 0.2) is 54.1 Å². The van der Waals surface area contributed by atoms with Gasteiger partial charge in [-0.25, -0.2) is 14.1 Å². The maximum absolute atomic E-state index is 12.6. The van der Waals surface area contributed by atoms with E-state index in [-0.39, 0.29) is 5.56 Å². The highest BCUT2D eigenvalue weighted by atomic mass is 16.5. The number of rotatable bonds is 5. The first-order valence-corrected chi connectivity index (χ1v) is 8.41. The zero-order valence-electron chi connectivity index (χ0n) is 15.1. The summed E-state index contributed by atoms with van der Waals surface area (Å²) in [6.07, 6.45) is 3.67. The number of aromatic amines is 1. The van der Waals surface area contributed by atoms with E-state index in [1.807, 2.05) is 39.7 Å². The van der Waals surface area contributed by atoms with Gasteiger partial charge in [-0.05, 0) is 18.2 Å². The van der Waals surface area contributed by atoms with E-state index in [0.29, 0.717) is 34.8 Å². The molecule has 0 saturated heterocycles. The van der Waals surface area contributed by atoms with E-state index in [2.05, 4.69) is 16.5 Å². The Morgan fingerprint density at radius 1 is 1.22 bits per heavy atom. The molecule has 7 heteroatoms. The van der Waals surface area contributed by atoms with Gasteiger partial charge in [0.15, 0.2) is 28.4 Å². The van der Waals surface area contributed by atoms with Crippen LogP contribution in [0.2, 0.25) is 0 Å². The third-order valence-corrected chi connectivity index (χ3v) is 4.51. The van der Waals surface area contributed by atoms with Gasteiger partial charge in [0.2, 0.25) is 6.33 Å². The molecule has 2 aromatic heterocycles. The van der Waals surface area contributed by atoms with Crippen LogP contribution in [0.3, 0.4) is 0 Å². The fourth-order valence-electron chi connectivity index (χ4n) is 3.22. The molecule has 0 aliphatic heterocycles. The molecule has 0 amide bonds. The first kappa shape index (κ1) is 16.8. The first-order chi connectivity index (χ1) is 13.1. The van der Waals surface area contributed by atoms with Crippen molar-refractivity contribution in [2.45, 2.75) is 6.54 Å². The number of benzene rings is 2. The number of nitrogens with one attached hydrogen (secondary N) is 1. The number of H-pyrrole nitrogens is 1. The lowest BCUT2D eigenvalue weighted by atomic mass is 10.2. The molecule has 0 fully saturated rings. The minimum atomic E-state index is -0.219. The molecule has 0 unspecified atom stereocenters. The molecule has 0 aliphatic rings. The smallest absolute Gasteiger partial charge is 0.259 e. The molecule has 0 radical (unpaired) electrons. The van der Waals surface area contributed by atoms with E-state index in [4.69, 9.17) is 9.47 Å². The average Bonchev–Trinajstić information content (AvgIpc) is 3.05. The van der Waals surface area contributed by atoms with Gasteiger partial charge >= 0.3 is 0 Å². The van der Waals surface area contributed by atoms with Gasteiger partial charge in [-0.1, -0.05) is 18.7 Å². The molecule has 4 rings (SSSR count). The van der Waals surface area contributed by atoms with Crippen molar-refractivity contribution in [3.8, 4) is 11.5 Å². The van der Waals surface area contributed by atoms with Gasteiger partial charge in [0, 0.05) is 6.07 Å². The number of aromatic nitrogens is 4. The standard InChI is InChI=1S/C20H18N4O3/c1-4-23-12-24(16-8-6-5-7-15(16)23)11-19-21-14-10-18(27-3)17(26-2)9-13(14)20(25)22-19/h4-10,12H,1,11H2,2-3H3/p+1. The molecule has 0 spiro atoms. The SMILES string of the molecule is C=Cn1c[n+](Cc2nc3cc(OC)c(OC)cc3c(=O)[nH]2)c2ccccc21.